The summed E-state index contributed by atoms with van der Waals surface area (Å²) in [6, 6.07) is 0. The zero-order valence-corrected chi connectivity index (χ0v) is 8.00. The molecule has 2 unspecified atom stereocenters. The monoisotopic (exact) mass is 197 g/mol. The van der Waals surface area contributed by atoms with Crippen molar-refractivity contribution in [3.05, 3.63) is 0 Å². The van der Waals surface area contributed by atoms with Crippen LogP contribution in [0, 0.1) is 5.92 Å². The second kappa shape index (κ2) is 3.69. The van der Waals surface area contributed by atoms with E-state index in [2.05, 4.69) is 0 Å². The van der Waals surface area contributed by atoms with E-state index in [1.54, 1.807) is 6.92 Å². The van der Waals surface area contributed by atoms with E-state index in [1.807, 2.05) is 0 Å². The van der Waals surface area contributed by atoms with Crippen LogP contribution >= 0.6 is 0 Å². The molecular formula is C6H15NO4S. The van der Waals surface area contributed by atoms with Crippen molar-refractivity contribution in [3.8, 4) is 0 Å². The van der Waals surface area contributed by atoms with Crippen molar-refractivity contribution in [2.75, 3.05) is 6.61 Å². The Morgan fingerprint density at radius 3 is 2.25 bits per heavy atom. The van der Waals surface area contributed by atoms with Gasteiger partial charge in [0, 0.05) is 6.61 Å². The van der Waals surface area contributed by atoms with E-state index in [-0.39, 0.29) is 13.0 Å². The van der Waals surface area contributed by atoms with Gasteiger partial charge in [0.1, 0.15) is 4.87 Å². The van der Waals surface area contributed by atoms with E-state index < -0.39 is 20.9 Å². The van der Waals surface area contributed by atoms with E-state index in [9.17, 15) is 8.42 Å². The standard InChI is InChI=1S/C6H15NO4S/c1-5(3-4-8)6(2,7)12(9,10)11/h5,8H,3-4,7H2,1-2H3,(H,9,10,11). The number of hydrogen-bond acceptors (Lipinski definition) is 4. The van der Waals surface area contributed by atoms with Crippen molar-refractivity contribution in [2.24, 2.45) is 11.7 Å². The minimum Gasteiger partial charge on any atom is -0.396 e. The Morgan fingerprint density at radius 2 is 2.00 bits per heavy atom. The van der Waals surface area contributed by atoms with Gasteiger partial charge in [-0.15, -0.1) is 0 Å². The molecule has 2 atom stereocenters. The third-order valence-electron chi connectivity index (χ3n) is 2.10. The van der Waals surface area contributed by atoms with Crippen molar-refractivity contribution in [3.63, 3.8) is 0 Å². The fourth-order valence-corrected chi connectivity index (χ4v) is 1.36. The zero-order chi connectivity index (χ0) is 9.99. The van der Waals surface area contributed by atoms with Crippen LogP contribution in [0.1, 0.15) is 20.3 Å². The Kier molecular flexibility index (Phi) is 3.64. The first-order chi connectivity index (χ1) is 5.23. The molecule has 0 aliphatic rings. The van der Waals surface area contributed by atoms with Crippen molar-refractivity contribution in [1.82, 2.24) is 0 Å². The van der Waals surface area contributed by atoms with Gasteiger partial charge in [0.25, 0.3) is 10.1 Å². The molecule has 0 aromatic heterocycles. The minimum absolute atomic E-state index is 0.149. The molecule has 0 radical (unpaired) electrons. The molecule has 74 valence electrons. The Bertz CT molecular complexity index is 234. The van der Waals surface area contributed by atoms with Gasteiger partial charge in [-0.05, 0) is 19.3 Å². The SMILES string of the molecule is CC(CCO)C(C)(N)S(=O)(=O)O. The Morgan fingerprint density at radius 1 is 1.58 bits per heavy atom. The molecule has 4 N–H and O–H groups in total. The maximum Gasteiger partial charge on any atom is 0.283 e. The van der Waals surface area contributed by atoms with Crippen molar-refractivity contribution >= 4 is 10.1 Å². The lowest BCUT2D eigenvalue weighted by Gasteiger charge is -2.27. The van der Waals surface area contributed by atoms with Crippen molar-refractivity contribution < 1.29 is 18.1 Å². The van der Waals surface area contributed by atoms with Crippen LogP contribution in [0.4, 0.5) is 0 Å². The maximum atomic E-state index is 10.7. The lowest BCUT2D eigenvalue weighted by Crippen LogP contribution is -2.50. The van der Waals surface area contributed by atoms with Gasteiger partial charge in [-0.1, -0.05) is 6.92 Å². The molecule has 12 heavy (non-hydrogen) atoms. The summed E-state index contributed by atoms with van der Waals surface area (Å²) in [6.45, 7) is 2.64. The topological polar surface area (TPSA) is 101 Å². The van der Waals surface area contributed by atoms with Crippen LogP contribution in [-0.2, 0) is 10.1 Å². The summed E-state index contributed by atoms with van der Waals surface area (Å²) in [5, 5.41) is 8.53. The van der Waals surface area contributed by atoms with Crippen LogP contribution in [0.3, 0.4) is 0 Å². The summed E-state index contributed by atoms with van der Waals surface area (Å²) in [6.07, 6.45) is 0.243. The van der Waals surface area contributed by atoms with Crippen LogP contribution in [0.25, 0.3) is 0 Å². The molecule has 0 saturated heterocycles. The molecule has 0 aliphatic carbocycles. The average molecular weight is 197 g/mol. The highest BCUT2D eigenvalue weighted by Crippen LogP contribution is 2.22. The molecule has 0 aromatic carbocycles. The van der Waals surface area contributed by atoms with Crippen LogP contribution < -0.4 is 5.73 Å². The van der Waals surface area contributed by atoms with Crippen LogP contribution in [0.15, 0.2) is 0 Å². The Balaban J connectivity index is 4.62. The lowest BCUT2D eigenvalue weighted by atomic mass is 10.0. The normalized spacial score (nSPS) is 20.1. The van der Waals surface area contributed by atoms with Crippen molar-refractivity contribution in [1.29, 1.82) is 0 Å². The molecule has 0 saturated carbocycles. The quantitative estimate of drug-likeness (QED) is 0.531. The number of aliphatic hydroxyl groups excluding tert-OH is 1. The summed E-state index contributed by atoms with van der Waals surface area (Å²) in [5.41, 5.74) is 5.37. The number of nitrogens with two attached hydrogens (primary N) is 1. The number of aliphatic hydroxyl groups is 1. The molecule has 0 spiro atoms. The molecule has 5 nitrogen and oxygen atoms in total. The van der Waals surface area contributed by atoms with Gasteiger partial charge >= 0.3 is 0 Å². The van der Waals surface area contributed by atoms with Crippen LogP contribution in [0.2, 0.25) is 0 Å². The third kappa shape index (κ3) is 2.41. The van der Waals surface area contributed by atoms with Gasteiger partial charge in [-0.25, -0.2) is 0 Å². The summed E-state index contributed by atoms with van der Waals surface area (Å²) in [5.74, 6) is -0.488. The zero-order valence-electron chi connectivity index (χ0n) is 7.19. The molecule has 0 bridgehead atoms. The molecule has 0 aliphatic heterocycles. The van der Waals surface area contributed by atoms with Crippen molar-refractivity contribution in [2.45, 2.75) is 25.1 Å². The molecule has 0 fully saturated rings. The Labute approximate surface area is 72.3 Å². The van der Waals surface area contributed by atoms with E-state index in [4.69, 9.17) is 15.4 Å². The molecule has 6 heteroatoms. The second-order valence-electron chi connectivity index (χ2n) is 3.07. The molecule has 0 rings (SSSR count). The first kappa shape index (κ1) is 11.8. The average Bonchev–Trinajstić information content (AvgIpc) is 1.85. The summed E-state index contributed by atoms with van der Waals surface area (Å²) >= 11 is 0. The van der Waals surface area contributed by atoms with Gasteiger partial charge in [-0.3, -0.25) is 4.55 Å². The smallest absolute Gasteiger partial charge is 0.283 e. The first-order valence-corrected chi connectivity index (χ1v) is 5.04. The van der Waals surface area contributed by atoms with Crippen LogP contribution in [-0.4, -0.2) is 29.6 Å². The fourth-order valence-electron chi connectivity index (χ4n) is 0.734. The van der Waals surface area contributed by atoms with E-state index in [0.29, 0.717) is 0 Å². The van der Waals surface area contributed by atoms with Gasteiger partial charge < -0.3 is 10.8 Å². The molecule has 0 aromatic rings. The lowest BCUT2D eigenvalue weighted by molar-refractivity contribution is 0.239. The third-order valence-corrected chi connectivity index (χ3v) is 3.61. The maximum absolute atomic E-state index is 10.7. The minimum atomic E-state index is -4.26. The second-order valence-corrected chi connectivity index (χ2v) is 4.90. The van der Waals surface area contributed by atoms with E-state index in [0.717, 1.165) is 0 Å². The number of rotatable bonds is 4. The van der Waals surface area contributed by atoms with E-state index in [1.165, 1.54) is 6.92 Å². The molecule has 0 amide bonds. The summed E-state index contributed by atoms with van der Waals surface area (Å²) in [7, 11) is -4.26. The Hall–Kier alpha value is -0.170. The van der Waals surface area contributed by atoms with E-state index >= 15 is 0 Å². The predicted molar refractivity (Wildman–Crippen MR) is 45.0 cm³/mol. The fraction of sp³-hybridized carbons (Fsp3) is 1.00. The van der Waals surface area contributed by atoms with Gasteiger partial charge in [0.2, 0.25) is 0 Å². The molecular weight excluding hydrogens is 182 g/mol. The first-order valence-electron chi connectivity index (χ1n) is 3.60. The highest BCUT2D eigenvalue weighted by atomic mass is 32.2. The molecule has 0 heterocycles. The van der Waals surface area contributed by atoms with Gasteiger partial charge in [-0.2, -0.15) is 8.42 Å². The number of hydrogen-bond donors (Lipinski definition) is 3. The largest absolute Gasteiger partial charge is 0.396 e. The summed E-state index contributed by atoms with van der Waals surface area (Å²) in [4.78, 5) is -1.68. The van der Waals surface area contributed by atoms with Gasteiger partial charge in [0.05, 0.1) is 0 Å². The highest BCUT2D eigenvalue weighted by Gasteiger charge is 2.38. The summed E-state index contributed by atoms with van der Waals surface area (Å²) < 4.78 is 30.1. The van der Waals surface area contributed by atoms with Crippen LogP contribution in [0.5, 0.6) is 0 Å². The van der Waals surface area contributed by atoms with Gasteiger partial charge in [0.15, 0.2) is 0 Å². The highest BCUT2D eigenvalue weighted by molar-refractivity contribution is 7.87. The predicted octanol–water partition coefficient (Wildman–Crippen LogP) is -0.432.